The second-order valence-electron chi connectivity index (χ2n) is 4.11. The first-order valence-electron chi connectivity index (χ1n) is 6.04. The molecule has 0 amide bonds. The van der Waals surface area contributed by atoms with Crippen LogP contribution in [-0.2, 0) is 23.1 Å². The molecule has 0 atom stereocenters. The van der Waals surface area contributed by atoms with Crippen LogP contribution in [0, 0.1) is 11.3 Å². The first kappa shape index (κ1) is 15.4. The van der Waals surface area contributed by atoms with Crippen molar-refractivity contribution in [3.05, 3.63) is 40.9 Å². The molecule has 0 unspecified atom stereocenters. The molecule has 7 nitrogen and oxygen atoms in total. The molecule has 0 bridgehead atoms. The second-order valence-corrected chi connectivity index (χ2v) is 6.26. The summed E-state index contributed by atoms with van der Waals surface area (Å²) < 4.78 is 28.6. The van der Waals surface area contributed by atoms with Gasteiger partial charge in [-0.15, -0.1) is 10.2 Å². The molecule has 0 radical (unpaired) electrons. The van der Waals surface area contributed by atoms with E-state index in [4.69, 9.17) is 16.9 Å². The van der Waals surface area contributed by atoms with Crippen LogP contribution in [0.5, 0.6) is 0 Å². The predicted molar refractivity (Wildman–Crippen MR) is 75.9 cm³/mol. The Morgan fingerprint density at radius 1 is 1.48 bits per heavy atom. The van der Waals surface area contributed by atoms with Crippen LogP contribution in [0.4, 0.5) is 0 Å². The zero-order valence-corrected chi connectivity index (χ0v) is 12.7. The predicted octanol–water partition coefficient (Wildman–Crippen LogP) is 1.30. The number of hydrogen-bond acceptors (Lipinski definition) is 5. The van der Waals surface area contributed by atoms with E-state index >= 15 is 0 Å². The maximum absolute atomic E-state index is 12.3. The van der Waals surface area contributed by atoms with Gasteiger partial charge in [0.1, 0.15) is 17.0 Å². The Hall–Kier alpha value is -1.95. The third-order valence-electron chi connectivity index (χ3n) is 2.81. The fraction of sp³-hybridized carbons (Fsp3) is 0.250. The molecule has 110 valence electrons. The van der Waals surface area contributed by atoms with Crippen LogP contribution < -0.4 is 4.72 Å². The molecular formula is C12H12ClN5O2S. The third-order valence-corrected chi connectivity index (χ3v) is 4.69. The summed E-state index contributed by atoms with van der Waals surface area (Å²) in [7, 11) is -3.84. The van der Waals surface area contributed by atoms with Gasteiger partial charge in [-0.3, -0.25) is 0 Å². The monoisotopic (exact) mass is 325 g/mol. The molecule has 2 rings (SSSR count). The number of aromatic nitrogens is 3. The van der Waals surface area contributed by atoms with Gasteiger partial charge in [-0.2, -0.15) is 5.26 Å². The molecule has 1 aromatic carbocycles. The van der Waals surface area contributed by atoms with Crippen LogP contribution in [0.25, 0.3) is 0 Å². The van der Waals surface area contributed by atoms with Gasteiger partial charge in [0.15, 0.2) is 0 Å². The van der Waals surface area contributed by atoms with E-state index in [1.807, 2.05) is 13.0 Å². The molecule has 2 aromatic rings. The van der Waals surface area contributed by atoms with Gasteiger partial charge in [-0.25, -0.2) is 13.1 Å². The Kier molecular flexibility index (Phi) is 4.57. The smallest absolute Gasteiger partial charge is 0.242 e. The quantitative estimate of drug-likeness (QED) is 0.893. The van der Waals surface area contributed by atoms with Crippen molar-refractivity contribution in [1.82, 2.24) is 19.5 Å². The van der Waals surface area contributed by atoms with Gasteiger partial charge in [-0.05, 0) is 25.1 Å². The highest BCUT2D eigenvalue weighted by atomic mass is 35.5. The molecule has 0 aliphatic carbocycles. The van der Waals surface area contributed by atoms with Crippen molar-refractivity contribution >= 4 is 21.6 Å². The average Bonchev–Trinajstić information content (AvgIpc) is 2.93. The standard InChI is InChI=1S/C12H12ClN5O2S/c1-2-18-8-15-17-12(18)7-16-21(19,20)11-5-9(6-14)3-4-10(11)13/h3-5,8,16H,2,7H2,1H3. The van der Waals surface area contributed by atoms with E-state index in [0.29, 0.717) is 12.4 Å². The average molecular weight is 326 g/mol. The van der Waals surface area contributed by atoms with Crippen LogP contribution in [0.15, 0.2) is 29.4 Å². The molecule has 21 heavy (non-hydrogen) atoms. The Morgan fingerprint density at radius 3 is 2.90 bits per heavy atom. The van der Waals surface area contributed by atoms with Crippen molar-refractivity contribution in [3.63, 3.8) is 0 Å². The largest absolute Gasteiger partial charge is 0.317 e. The first-order valence-corrected chi connectivity index (χ1v) is 7.90. The summed E-state index contributed by atoms with van der Waals surface area (Å²) >= 11 is 5.90. The van der Waals surface area contributed by atoms with E-state index in [9.17, 15) is 8.42 Å². The third kappa shape index (κ3) is 3.39. The van der Waals surface area contributed by atoms with Crippen LogP contribution in [-0.4, -0.2) is 23.2 Å². The van der Waals surface area contributed by atoms with Crippen molar-refractivity contribution in [3.8, 4) is 6.07 Å². The van der Waals surface area contributed by atoms with Crippen molar-refractivity contribution in [2.24, 2.45) is 0 Å². The Labute approximate surface area is 127 Å². The zero-order chi connectivity index (χ0) is 15.5. The summed E-state index contributed by atoms with van der Waals surface area (Å²) in [5.41, 5.74) is 0.219. The van der Waals surface area contributed by atoms with E-state index in [2.05, 4.69) is 14.9 Å². The number of nitrogens with one attached hydrogen (secondary N) is 1. The molecule has 1 heterocycles. The van der Waals surface area contributed by atoms with E-state index in [1.54, 1.807) is 4.57 Å². The van der Waals surface area contributed by atoms with Crippen molar-refractivity contribution in [2.45, 2.75) is 24.9 Å². The number of benzene rings is 1. The normalized spacial score (nSPS) is 11.3. The highest BCUT2D eigenvalue weighted by molar-refractivity contribution is 7.89. The van der Waals surface area contributed by atoms with E-state index in [0.717, 1.165) is 0 Å². The Bertz CT molecular complexity index is 794. The highest BCUT2D eigenvalue weighted by Gasteiger charge is 2.19. The fourth-order valence-corrected chi connectivity index (χ4v) is 3.20. The molecule has 0 saturated carbocycles. The highest BCUT2D eigenvalue weighted by Crippen LogP contribution is 2.22. The number of rotatable bonds is 5. The molecule has 1 N–H and O–H groups in total. The lowest BCUT2D eigenvalue weighted by Gasteiger charge is -2.09. The van der Waals surface area contributed by atoms with Gasteiger partial charge in [0.25, 0.3) is 0 Å². The number of nitriles is 1. The number of halogens is 1. The summed E-state index contributed by atoms with van der Waals surface area (Å²) in [4.78, 5) is -0.134. The molecule has 0 fully saturated rings. The fourth-order valence-electron chi connectivity index (χ4n) is 1.70. The minimum absolute atomic E-state index is 0.0106. The lowest BCUT2D eigenvalue weighted by Crippen LogP contribution is -2.25. The topological polar surface area (TPSA) is 101 Å². The molecule has 0 aliphatic heterocycles. The molecule has 1 aromatic heterocycles. The number of sulfonamides is 1. The lowest BCUT2D eigenvalue weighted by atomic mass is 10.2. The van der Waals surface area contributed by atoms with Gasteiger partial charge >= 0.3 is 0 Å². The van der Waals surface area contributed by atoms with Crippen molar-refractivity contribution < 1.29 is 8.42 Å². The van der Waals surface area contributed by atoms with Crippen molar-refractivity contribution in [2.75, 3.05) is 0 Å². The van der Waals surface area contributed by atoms with Crippen LogP contribution in [0.2, 0.25) is 5.02 Å². The van der Waals surface area contributed by atoms with Crippen LogP contribution >= 0.6 is 11.6 Å². The van der Waals surface area contributed by atoms with Crippen molar-refractivity contribution in [1.29, 1.82) is 5.26 Å². The SMILES string of the molecule is CCn1cnnc1CNS(=O)(=O)c1cc(C#N)ccc1Cl. The molecule has 0 aliphatic rings. The zero-order valence-electron chi connectivity index (χ0n) is 11.1. The van der Waals surface area contributed by atoms with Crippen LogP contribution in [0.1, 0.15) is 18.3 Å². The summed E-state index contributed by atoms with van der Waals surface area (Å²) in [6.07, 6.45) is 1.52. The molecule has 0 spiro atoms. The van der Waals surface area contributed by atoms with Crippen LogP contribution in [0.3, 0.4) is 0 Å². The Balaban J connectivity index is 2.25. The van der Waals surface area contributed by atoms with Gasteiger partial charge in [0.05, 0.1) is 23.2 Å². The summed E-state index contributed by atoms with van der Waals surface area (Å²) in [6.45, 7) is 2.52. The lowest BCUT2D eigenvalue weighted by molar-refractivity contribution is 0.575. The maximum atomic E-state index is 12.3. The van der Waals surface area contributed by atoms with Gasteiger partial charge in [0, 0.05) is 6.54 Å². The van der Waals surface area contributed by atoms with E-state index < -0.39 is 10.0 Å². The second kappa shape index (κ2) is 6.22. The number of aryl methyl sites for hydroxylation is 1. The van der Waals surface area contributed by atoms with E-state index in [-0.39, 0.29) is 22.0 Å². The van der Waals surface area contributed by atoms with Gasteiger partial charge in [0.2, 0.25) is 10.0 Å². The van der Waals surface area contributed by atoms with E-state index in [1.165, 1.54) is 24.5 Å². The molecule has 9 heteroatoms. The number of nitrogens with zero attached hydrogens (tertiary/aromatic N) is 4. The minimum Gasteiger partial charge on any atom is -0.317 e. The molecule has 0 saturated heterocycles. The minimum atomic E-state index is -3.84. The molecular weight excluding hydrogens is 314 g/mol. The summed E-state index contributed by atoms with van der Waals surface area (Å²) in [5, 5.41) is 16.5. The summed E-state index contributed by atoms with van der Waals surface area (Å²) in [5.74, 6) is 0.494. The maximum Gasteiger partial charge on any atom is 0.242 e. The first-order chi connectivity index (χ1) is 9.97. The van der Waals surface area contributed by atoms with Gasteiger partial charge < -0.3 is 4.57 Å². The number of hydrogen-bond donors (Lipinski definition) is 1. The Morgan fingerprint density at radius 2 is 2.24 bits per heavy atom. The summed E-state index contributed by atoms with van der Waals surface area (Å²) in [6, 6.07) is 5.94. The van der Waals surface area contributed by atoms with Gasteiger partial charge in [-0.1, -0.05) is 11.6 Å².